The largest absolute Gasteiger partial charge is 0.493 e. The molecule has 2 amide bonds. The number of anilines is 5. The van der Waals surface area contributed by atoms with Crippen LogP contribution < -0.4 is 40.2 Å². The molecule has 0 radical (unpaired) electrons. The minimum absolute atomic E-state index is 0.126. The third-order valence-corrected chi connectivity index (χ3v) is 7.85. The van der Waals surface area contributed by atoms with Gasteiger partial charge >= 0.3 is 6.09 Å². The van der Waals surface area contributed by atoms with Crippen molar-refractivity contribution in [2.75, 3.05) is 43.5 Å². The van der Waals surface area contributed by atoms with Gasteiger partial charge in [-0.3, -0.25) is 4.79 Å². The number of aromatic amines is 1. The monoisotopic (exact) mass is 686 g/mol. The molecule has 4 heterocycles. The highest BCUT2D eigenvalue weighted by Crippen LogP contribution is 2.42. The molecule has 0 fully saturated rings. The molecule has 50 heavy (non-hydrogen) atoms. The maximum absolute atomic E-state index is 15.2. The first-order valence-electron chi connectivity index (χ1n) is 15.4. The van der Waals surface area contributed by atoms with Crippen LogP contribution in [0.1, 0.15) is 19.4 Å². The second kappa shape index (κ2) is 13.8. The quantitative estimate of drug-likeness (QED) is 0.142. The van der Waals surface area contributed by atoms with E-state index < -0.39 is 29.5 Å². The van der Waals surface area contributed by atoms with Crippen molar-refractivity contribution in [3.8, 4) is 23.0 Å². The number of fused-ring (bicyclic) bond motifs is 2. The third-order valence-electron chi connectivity index (χ3n) is 7.85. The predicted octanol–water partition coefficient (Wildman–Crippen LogP) is 5.22. The molecular formula is C34H35FN8O7. The van der Waals surface area contributed by atoms with Gasteiger partial charge in [-0.2, -0.15) is 4.98 Å². The maximum atomic E-state index is 15.2. The average molecular weight is 687 g/mol. The lowest BCUT2D eigenvalue weighted by Gasteiger charge is -2.30. The molecular weight excluding hydrogens is 651 g/mol. The maximum Gasteiger partial charge on any atom is 0.421 e. The van der Waals surface area contributed by atoms with E-state index in [1.165, 1.54) is 39.5 Å². The number of H-pyrrole nitrogens is 1. The molecule has 1 aliphatic heterocycles. The molecule has 5 N–H and O–H groups in total. The number of para-hydroxylation sites is 1. The lowest BCUT2D eigenvalue weighted by molar-refractivity contribution is -0.129. The summed E-state index contributed by atoms with van der Waals surface area (Å²) in [6, 6.07) is 13.3. The van der Waals surface area contributed by atoms with Gasteiger partial charge in [0.1, 0.15) is 12.4 Å². The smallest absolute Gasteiger partial charge is 0.421 e. The summed E-state index contributed by atoms with van der Waals surface area (Å²) >= 11 is 0. The Hall–Kier alpha value is -6.16. The zero-order valence-electron chi connectivity index (χ0n) is 27.9. The number of halogens is 1. The molecule has 15 nitrogen and oxygen atoms in total. The van der Waals surface area contributed by atoms with Crippen LogP contribution in [0.15, 0.2) is 60.9 Å². The van der Waals surface area contributed by atoms with E-state index in [1.807, 2.05) is 30.5 Å². The number of hydrogen-bond acceptors (Lipinski definition) is 12. The first-order chi connectivity index (χ1) is 24.0. The second-order valence-corrected chi connectivity index (χ2v) is 11.7. The SMILES string of the molecule is COc1cc(N(C(=O)OCC(N)Cc2c[nH]c3ccccc23)c2ncc(F)c(Nc3ccc4c(n3)NC(=O)C(C)(C)O4)n2)cc(OC)c1OC. The molecule has 0 saturated heterocycles. The van der Waals surface area contributed by atoms with E-state index in [2.05, 4.69) is 30.6 Å². The van der Waals surface area contributed by atoms with Gasteiger partial charge < -0.3 is 45.0 Å². The summed E-state index contributed by atoms with van der Waals surface area (Å²) in [5.74, 6) is -0.525. The number of pyridine rings is 1. The van der Waals surface area contributed by atoms with Gasteiger partial charge in [0.05, 0.1) is 33.2 Å². The molecule has 3 aromatic heterocycles. The van der Waals surface area contributed by atoms with Gasteiger partial charge in [0.25, 0.3) is 5.91 Å². The number of rotatable bonds is 11. The van der Waals surface area contributed by atoms with Crippen molar-refractivity contribution >= 4 is 52.0 Å². The molecule has 5 aromatic rings. The van der Waals surface area contributed by atoms with Crippen LogP contribution in [0.5, 0.6) is 23.0 Å². The summed E-state index contributed by atoms with van der Waals surface area (Å²) in [5, 5.41) is 6.47. The summed E-state index contributed by atoms with van der Waals surface area (Å²) in [6.07, 6.45) is 2.26. The molecule has 0 bridgehead atoms. The number of aromatic nitrogens is 4. The van der Waals surface area contributed by atoms with Crippen molar-refractivity contribution in [2.45, 2.75) is 31.9 Å². The summed E-state index contributed by atoms with van der Waals surface area (Å²) in [5.41, 5.74) is 7.40. The molecule has 1 unspecified atom stereocenters. The van der Waals surface area contributed by atoms with Crippen LogP contribution in [0.4, 0.5) is 38.3 Å². The fourth-order valence-corrected chi connectivity index (χ4v) is 5.33. The Morgan fingerprint density at radius 2 is 1.82 bits per heavy atom. The number of nitrogens with zero attached hydrogens (tertiary/aromatic N) is 4. The highest BCUT2D eigenvalue weighted by Gasteiger charge is 2.36. The predicted molar refractivity (Wildman–Crippen MR) is 182 cm³/mol. The first-order valence-corrected chi connectivity index (χ1v) is 15.4. The third kappa shape index (κ3) is 6.73. The number of carbonyl (C=O) groups excluding carboxylic acids is 2. The number of methoxy groups -OCH3 is 3. The molecule has 260 valence electrons. The highest BCUT2D eigenvalue weighted by molar-refractivity contribution is 5.99. The fourth-order valence-electron chi connectivity index (χ4n) is 5.33. The minimum Gasteiger partial charge on any atom is -0.493 e. The van der Waals surface area contributed by atoms with Crippen molar-refractivity contribution in [3.63, 3.8) is 0 Å². The van der Waals surface area contributed by atoms with E-state index in [1.54, 1.807) is 19.9 Å². The fraction of sp³-hybridized carbons (Fsp3) is 0.265. The minimum atomic E-state index is -1.09. The van der Waals surface area contributed by atoms with E-state index in [0.29, 0.717) is 12.2 Å². The normalized spacial score (nSPS) is 13.8. The van der Waals surface area contributed by atoms with Crippen molar-refractivity contribution in [1.82, 2.24) is 19.9 Å². The zero-order chi connectivity index (χ0) is 35.6. The lowest BCUT2D eigenvalue weighted by Crippen LogP contribution is -2.46. The number of nitrogens with one attached hydrogen (secondary N) is 3. The van der Waals surface area contributed by atoms with Crippen LogP contribution in [0.3, 0.4) is 0 Å². The Labute approximate surface area is 285 Å². The van der Waals surface area contributed by atoms with Crippen LogP contribution in [0.2, 0.25) is 0 Å². The molecule has 0 saturated carbocycles. The van der Waals surface area contributed by atoms with Crippen LogP contribution in [0, 0.1) is 5.82 Å². The Kier molecular flexibility index (Phi) is 9.28. The molecule has 16 heteroatoms. The van der Waals surface area contributed by atoms with Crippen LogP contribution in [-0.4, -0.2) is 71.5 Å². The van der Waals surface area contributed by atoms with Crippen molar-refractivity contribution in [2.24, 2.45) is 5.73 Å². The van der Waals surface area contributed by atoms with E-state index in [4.69, 9.17) is 29.4 Å². The van der Waals surface area contributed by atoms with E-state index in [0.717, 1.165) is 27.6 Å². The zero-order valence-corrected chi connectivity index (χ0v) is 27.9. The van der Waals surface area contributed by atoms with Gasteiger partial charge in [0.2, 0.25) is 11.7 Å². The summed E-state index contributed by atoms with van der Waals surface area (Å²) in [6.45, 7) is 3.07. The van der Waals surface area contributed by atoms with Crippen LogP contribution >= 0.6 is 0 Å². The van der Waals surface area contributed by atoms with E-state index in [9.17, 15) is 9.59 Å². The lowest BCUT2D eigenvalue weighted by atomic mass is 10.1. The topological polar surface area (TPSA) is 188 Å². The number of benzene rings is 2. The standard InChI is InChI=1S/C34H35FN8O7/c1-34(2)31(44)41-30-24(50-34)10-11-27(40-30)39-29-22(35)16-38-32(42-29)43(20-13-25(46-3)28(48-5)26(14-20)47-4)33(45)49-17-19(36)12-18-15-37-23-9-7-6-8-21(18)23/h6-11,13-16,19,37H,12,17,36H2,1-5H3,(H2,38,39,40,41,42,44). The Morgan fingerprint density at radius 1 is 1.08 bits per heavy atom. The van der Waals surface area contributed by atoms with Gasteiger partial charge in [0.15, 0.2) is 40.3 Å². The number of carbonyl (C=O) groups is 2. The highest BCUT2D eigenvalue weighted by atomic mass is 19.1. The van der Waals surface area contributed by atoms with Crippen molar-refractivity contribution in [1.29, 1.82) is 0 Å². The summed E-state index contributed by atoms with van der Waals surface area (Å²) in [4.78, 5) is 43.3. The van der Waals surface area contributed by atoms with Crippen molar-refractivity contribution < 1.29 is 37.7 Å². The average Bonchev–Trinajstić information content (AvgIpc) is 3.51. The number of hydrogen-bond donors (Lipinski definition) is 4. The van der Waals surface area contributed by atoms with Gasteiger partial charge in [-0.15, -0.1) is 0 Å². The number of amides is 2. The Morgan fingerprint density at radius 3 is 2.54 bits per heavy atom. The van der Waals surface area contributed by atoms with Gasteiger partial charge in [-0.1, -0.05) is 18.2 Å². The molecule has 1 atom stereocenters. The molecule has 0 spiro atoms. The molecule has 6 rings (SSSR count). The van der Waals surface area contributed by atoms with Crippen LogP contribution in [-0.2, 0) is 16.0 Å². The Bertz CT molecular complexity index is 2050. The summed E-state index contributed by atoms with van der Waals surface area (Å²) in [7, 11) is 4.28. The van der Waals surface area contributed by atoms with Gasteiger partial charge in [-0.25, -0.2) is 24.1 Å². The number of nitrogens with two attached hydrogens (primary N) is 1. The Balaban J connectivity index is 1.31. The first kappa shape index (κ1) is 33.7. The van der Waals surface area contributed by atoms with Gasteiger partial charge in [0, 0.05) is 35.3 Å². The second-order valence-electron chi connectivity index (χ2n) is 11.7. The molecule has 2 aromatic carbocycles. The number of ether oxygens (including phenoxy) is 5. The van der Waals surface area contributed by atoms with E-state index in [-0.39, 0.29) is 52.9 Å². The molecule has 0 aliphatic carbocycles. The summed E-state index contributed by atoms with van der Waals surface area (Å²) < 4.78 is 43.0. The van der Waals surface area contributed by atoms with E-state index >= 15 is 4.39 Å². The van der Waals surface area contributed by atoms with Crippen LogP contribution in [0.25, 0.3) is 10.9 Å². The molecule has 1 aliphatic rings. The van der Waals surface area contributed by atoms with Gasteiger partial charge in [-0.05, 0) is 44.0 Å². The van der Waals surface area contributed by atoms with Crippen molar-refractivity contribution in [3.05, 3.63) is 72.3 Å².